The molecule has 1 aromatic heterocycles. The summed E-state index contributed by atoms with van der Waals surface area (Å²) in [7, 11) is 0. The van der Waals surface area contributed by atoms with Crippen molar-refractivity contribution in [2.24, 2.45) is 11.7 Å². The van der Waals surface area contributed by atoms with Gasteiger partial charge in [0.05, 0.1) is 0 Å². The van der Waals surface area contributed by atoms with Crippen LogP contribution in [0.15, 0.2) is 24.4 Å². The van der Waals surface area contributed by atoms with Crippen molar-refractivity contribution in [3.05, 3.63) is 46.2 Å². The fourth-order valence-electron chi connectivity index (χ4n) is 2.86. The van der Waals surface area contributed by atoms with E-state index in [1.165, 1.54) is 11.3 Å². The molecular weight excluding hydrogens is 313 g/mol. The zero-order valence-electron chi connectivity index (χ0n) is 13.0. The molecule has 1 fully saturated rings. The summed E-state index contributed by atoms with van der Waals surface area (Å²) in [5.41, 5.74) is 7.38. The first kappa shape index (κ1) is 16.1. The smallest absolute Gasteiger partial charge is 0.229 e. The van der Waals surface area contributed by atoms with Gasteiger partial charge in [-0.15, -0.1) is 11.3 Å². The number of carbonyl (C=O) groups excluding carboxylic acids is 1. The number of aryl methyl sites for hydroxylation is 1. The SMILES string of the molecule is Cc1ccc(Cc2cnc(NC(=O)C3CCC(N)C3)s2)cc1F. The lowest BCUT2D eigenvalue weighted by Crippen LogP contribution is -2.23. The van der Waals surface area contributed by atoms with Gasteiger partial charge >= 0.3 is 0 Å². The van der Waals surface area contributed by atoms with Gasteiger partial charge in [-0.2, -0.15) is 0 Å². The lowest BCUT2D eigenvalue weighted by atomic mass is 10.1. The molecule has 6 heteroatoms. The minimum absolute atomic E-state index is 0.000213. The van der Waals surface area contributed by atoms with Crippen LogP contribution in [-0.4, -0.2) is 16.9 Å². The minimum atomic E-state index is -0.196. The largest absolute Gasteiger partial charge is 0.328 e. The molecule has 0 saturated heterocycles. The first-order valence-corrected chi connectivity index (χ1v) is 8.59. The molecule has 0 bridgehead atoms. The van der Waals surface area contributed by atoms with Gasteiger partial charge in [0.15, 0.2) is 5.13 Å². The number of nitrogens with two attached hydrogens (primary N) is 1. The molecule has 1 aromatic carbocycles. The number of rotatable bonds is 4. The number of hydrogen-bond donors (Lipinski definition) is 2. The molecule has 2 atom stereocenters. The van der Waals surface area contributed by atoms with Crippen LogP contribution in [0.25, 0.3) is 0 Å². The molecule has 2 unspecified atom stereocenters. The van der Waals surface area contributed by atoms with Crippen molar-refractivity contribution in [2.45, 2.75) is 38.6 Å². The summed E-state index contributed by atoms with van der Waals surface area (Å²) < 4.78 is 13.6. The van der Waals surface area contributed by atoms with Crippen molar-refractivity contribution in [3.63, 3.8) is 0 Å². The number of anilines is 1. The van der Waals surface area contributed by atoms with Crippen molar-refractivity contribution >= 4 is 22.4 Å². The Morgan fingerprint density at radius 2 is 2.30 bits per heavy atom. The Hall–Kier alpha value is -1.79. The topological polar surface area (TPSA) is 68.0 Å². The molecule has 0 aliphatic heterocycles. The number of thiazole rings is 1. The van der Waals surface area contributed by atoms with Gasteiger partial charge in [-0.25, -0.2) is 9.37 Å². The van der Waals surface area contributed by atoms with Gasteiger partial charge in [0.2, 0.25) is 5.91 Å². The van der Waals surface area contributed by atoms with Crippen LogP contribution in [0, 0.1) is 18.7 Å². The molecule has 2 aromatic rings. The van der Waals surface area contributed by atoms with Gasteiger partial charge in [-0.1, -0.05) is 12.1 Å². The summed E-state index contributed by atoms with van der Waals surface area (Å²) in [5, 5.41) is 3.47. The molecule has 0 radical (unpaired) electrons. The van der Waals surface area contributed by atoms with Gasteiger partial charge in [0.25, 0.3) is 0 Å². The minimum Gasteiger partial charge on any atom is -0.328 e. The fraction of sp³-hybridized carbons (Fsp3) is 0.412. The van der Waals surface area contributed by atoms with Crippen molar-refractivity contribution in [3.8, 4) is 0 Å². The highest BCUT2D eigenvalue weighted by Crippen LogP contribution is 2.27. The molecule has 122 valence electrons. The Kier molecular flexibility index (Phi) is 4.73. The number of aromatic nitrogens is 1. The van der Waals surface area contributed by atoms with Crippen molar-refractivity contribution in [2.75, 3.05) is 5.32 Å². The maximum Gasteiger partial charge on any atom is 0.229 e. The van der Waals surface area contributed by atoms with Crippen LogP contribution in [0.3, 0.4) is 0 Å². The van der Waals surface area contributed by atoms with E-state index < -0.39 is 0 Å². The van der Waals surface area contributed by atoms with E-state index in [2.05, 4.69) is 10.3 Å². The summed E-state index contributed by atoms with van der Waals surface area (Å²) in [5.74, 6) is -0.207. The molecule has 3 N–H and O–H groups in total. The van der Waals surface area contributed by atoms with Crippen molar-refractivity contribution < 1.29 is 9.18 Å². The lowest BCUT2D eigenvalue weighted by molar-refractivity contribution is -0.119. The fourth-order valence-corrected chi connectivity index (χ4v) is 3.71. The average molecular weight is 333 g/mol. The van der Waals surface area contributed by atoms with Crippen LogP contribution in [-0.2, 0) is 11.2 Å². The van der Waals surface area contributed by atoms with Crippen LogP contribution in [0.4, 0.5) is 9.52 Å². The normalized spacial score (nSPS) is 20.7. The third-order valence-corrected chi connectivity index (χ3v) is 5.16. The highest BCUT2D eigenvalue weighted by molar-refractivity contribution is 7.15. The molecule has 23 heavy (non-hydrogen) atoms. The van der Waals surface area contributed by atoms with E-state index in [9.17, 15) is 9.18 Å². The molecule has 0 spiro atoms. The Morgan fingerprint density at radius 3 is 3.00 bits per heavy atom. The highest BCUT2D eigenvalue weighted by atomic mass is 32.1. The van der Waals surface area contributed by atoms with Gasteiger partial charge in [-0.05, 0) is 43.4 Å². The first-order chi connectivity index (χ1) is 11.0. The number of nitrogens with zero attached hydrogens (tertiary/aromatic N) is 1. The standard InChI is InChI=1S/C17H20FN3OS/c1-10-2-3-11(7-15(10)18)6-14-9-20-17(23-14)21-16(22)12-4-5-13(19)8-12/h2-3,7,9,12-13H,4-6,8,19H2,1H3,(H,20,21,22). The average Bonchev–Trinajstić information content (AvgIpc) is 3.12. The van der Waals surface area contributed by atoms with Crippen LogP contribution >= 0.6 is 11.3 Å². The number of carbonyl (C=O) groups is 1. The molecule has 3 rings (SSSR count). The van der Waals surface area contributed by atoms with E-state index in [-0.39, 0.29) is 23.7 Å². The summed E-state index contributed by atoms with van der Waals surface area (Å²) >= 11 is 1.43. The summed E-state index contributed by atoms with van der Waals surface area (Å²) in [4.78, 5) is 17.4. The maximum atomic E-state index is 13.6. The predicted octanol–water partition coefficient (Wildman–Crippen LogP) is 3.25. The van der Waals surface area contributed by atoms with E-state index in [0.29, 0.717) is 17.1 Å². The second-order valence-corrected chi connectivity index (χ2v) is 7.27. The summed E-state index contributed by atoms with van der Waals surface area (Å²) in [6.45, 7) is 1.74. The number of halogens is 1. The maximum absolute atomic E-state index is 13.6. The third-order valence-electron chi connectivity index (χ3n) is 4.24. The molecule has 1 aliphatic rings. The Morgan fingerprint density at radius 1 is 1.48 bits per heavy atom. The van der Waals surface area contributed by atoms with E-state index in [0.717, 1.165) is 29.7 Å². The van der Waals surface area contributed by atoms with Crippen LogP contribution in [0.5, 0.6) is 0 Å². The molecule has 1 aliphatic carbocycles. The molecule has 1 heterocycles. The monoisotopic (exact) mass is 333 g/mol. The van der Waals surface area contributed by atoms with Crippen LogP contribution < -0.4 is 11.1 Å². The van der Waals surface area contributed by atoms with E-state index in [1.54, 1.807) is 25.3 Å². The third kappa shape index (κ3) is 3.95. The van der Waals surface area contributed by atoms with Gasteiger partial charge in [0, 0.05) is 29.5 Å². The molecule has 4 nitrogen and oxygen atoms in total. The number of hydrogen-bond acceptors (Lipinski definition) is 4. The summed E-state index contributed by atoms with van der Waals surface area (Å²) in [6, 6.07) is 5.37. The molecule has 1 amide bonds. The van der Waals surface area contributed by atoms with Gasteiger partial charge < -0.3 is 11.1 Å². The number of nitrogens with one attached hydrogen (secondary N) is 1. The van der Waals surface area contributed by atoms with Gasteiger partial charge in [0.1, 0.15) is 5.82 Å². The lowest BCUT2D eigenvalue weighted by Gasteiger charge is -2.08. The zero-order valence-corrected chi connectivity index (χ0v) is 13.8. The first-order valence-electron chi connectivity index (χ1n) is 7.77. The molecular formula is C17H20FN3OS. The zero-order chi connectivity index (χ0) is 16.4. The van der Waals surface area contributed by atoms with Gasteiger partial charge in [-0.3, -0.25) is 4.79 Å². The Balaban J connectivity index is 1.61. The van der Waals surface area contributed by atoms with E-state index in [4.69, 9.17) is 5.73 Å². The van der Waals surface area contributed by atoms with E-state index in [1.807, 2.05) is 6.07 Å². The van der Waals surface area contributed by atoms with Crippen LogP contribution in [0.2, 0.25) is 0 Å². The number of amides is 1. The summed E-state index contributed by atoms with van der Waals surface area (Å²) in [6.07, 6.45) is 4.83. The van der Waals surface area contributed by atoms with Crippen molar-refractivity contribution in [1.82, 2.24) is 4.98 Å². The Bertz CT molecular complexity index is 716. The number of benzene rings is 1. The van der Waals surface area contributed by atoms with Crippen molar-refractivity contribution in [1.29, 1.82) is 0 Å². The Labute approximate surface area is 138 Å². The predicted molar refractivity (Wildman–Crippen MR) is 90.0 cm³/mol. The molecule has 1 saturated carbocycles. The quantitative estimate of drug-likeness (QED) is 0.902. The highest BCUT2D eigenvalue weighted by Gasteiger charge is 2.28. The second kappa shape index (κ2) is 6.76. The second-order valence-electron chi connectivity index (χ2n) is 6.15. The van der Waals surface area contributed by atoms with E-state index >= 15 is 0 Å². The van der Waals surface area contributed by atoms with Crippen LogP contribution in [0.1, 0.15) is 35.3 Å².